The van der Waals surface area contributed by atoms with Crippen molar-refractivity contribution in [2.24, 2.45) is 0 Å². The maximum Gasteiger partial charge on any atom is 0.173 e. The first-order valence-corrected chi connectivity index (χ1v) is 8.40. The summed E-state index contributed by atoms with van der Waals surface area (Å²) in [5.41, 5.74) is 2.46. The van der Waals surface area contributed by atoms with Gasteiger partial charge in [-0.05, 0) is 55.6 Å². The first-order valence-electron chi connectivity index (χ1n) is 7.99. The first kappa shape index (κ1) is 15.0. The van der Waals surface area contributed by atoms with Crippen LogP contribution in [-0.4, -0.2) is 22.6 Å². The molecule has 2 aromatic rings. The summed E-state index contributed by atoms with van der Waals surface area (Å²) in [7, 11) is 0. The number of nitrogens with zero attached hydrogens (tertiary/aromatic N) is 1. The molecule has 1 unspecified atom stereocenters. The molecular formula is C19H22N2S. The van der Waals surface area contributed by atoms with Crippen LogP contribution in [-0.2, 0) is 6.42 Å². The second kappa shape index (κ2) is 7.41. The van der Waals surface area contributed by atoms with Gasteiger partial charge in [0.05, 0.1) is 0 Å². The van der Waals surface area contributed by atoms with Crippen LogP contribution in [0.2, 0.25) is 0 Å². The molecule has 2 nitrogen and oxygen atoms in total. The quantitative estimate of drug-likeness (QED) is 0.841. The lowest BCUT2D eigenvalue weighted by Crippen LogP contribution is -2.46. The Hall–Kier alpha value is -1.87. The third-order valence-electron chi connectivity index (χ3n) is 4.23. The van der Waals surface area contributed by atoms with Crippen molar-refractivity contribution < 1.29 is 0 Å². The van der Waals surface area contributed by atoms with Crippen molar-refractivity contribution in [3.05, 3.63) is 66.2 Å². The van der Waals surface area contributed by atoms with Gasteiger partial charge < -0.3 is 10.2 Å². The van der Waals surface area contributed by atoms with Crippen LogP contribution in [0, 0.1) is 0 Å². The fraction of sp³-hybridized carbons (Fsp3) is 0.316. The molecule has 1 N–H and O–H groups in total. The smallest absolute Gasteiger partial charge is 0.173 e. The van der Waals surface area contributed by atoms with E-state index in [9.17, 15) is 0 Å². The number of hydrogen-bond donors (Lipinski definition) is 1. The maximum atomic E-state index is 5.66. The molecule has 0 aliphatic carbocycles. The van der Waals surface area contributed by atoms with E-state index in [-0.39, 0.29) is 0 Å². The lowest BCUT2D eigenvalue weighted by Gasteiger charge is -2.38. The Bertz CT molecular complexity index is 597. The molecule has 1 heterocycles. The van der Waals surface area contributed by atoms with Gasteiger partial charge >= 0.3 is 0 Å². The normalized spacial score (nSPS) is 18.0. The van der Waals surface area contributed by atoms with Gasteiger partial charge in [0.15, 0.2) is 5.11 Å². The van der Waals surface area contributed by atoms with Gasteiger partial charge in [0.2, 0.25) is 0 Å². The molecule has 0 radical (unpaired) electrons. The second-order valence-corrected chi connectivity index (χ2v) is 6.22. The van der Waals surface area contributed by atoms with E-state index in [1.165, 1.54) is 24.8 Å². The van der Waals surface area contributed by atoms with Crippen molar-refractivity contribution in [3.8, 4) is 0 Å². The number of likely N-dealkylation sites (tertiary alicyclic amines) is 1. The number of anilines is 1. The topological polar surface area (TPSA) is 15.3 Å². The van der Waals surface area contributed by atoms with E-state index in [1.54, 1.807) is 0 Å². The third-order valence-corrected chi connectivity index (χ3v) is 4.56. The number of hydrogen-bond acceptors (Lipinski definition) is 1. The highest BCUT2D eigenvalue weighted by atomic mass is 32.1. The van der Waals surface area contributed by atoms with Crippen LogP contribution in [0.3, 0.4) is 0 Å². The average Bonchev–Trinajstić information content (AvgIpc) is 2.57. The molecule has 1 saturated heterocycles. The molecule has 1 aliphatic rings. The Balaban J connectivity index is 1.68. The average molecular weight is 310 g/mol. The highest BCUT2D eigenvalue weighted by molar-refractivity contribution is 7.80. The summed E-state index contributed by atoms with van der Waals surface area (Å²) in [6.07, 6.45) is 4.80. The molecule has 3 heteroatoms. The van der Waals surface area contributed by atoms with Gasteiger partial charge in [-0.3, -0.25) is 0 Å². The van der Waals surface area contributed by atoms with Gasteiger partial charge in [0.1, 0.15) is 0 Å². The van der Waals surface area contributed by atoms with Crippen LogP contribution >= 0.6 is 12.2 Å². The van der Waals surface area contributed by atoms with Gasteiger partial charge in [0.25, 0.3) is 0 Å². The number of para-hydroxylation sites is 1. The zero-order chi connectivity index (χ0) is 15.2. The number of benzene rings is 2. The van der Waals surface area contributed by atoms with E-state index in [2.05, 4.69) is 52.7 Å². The van der Waals surface area contributed by atoms with Crippen LogP contribution in [0.15, 0.2) is 60.7 Å². The molecule has 2 aromatic carbocycles. The van der Waals surface area contributed by atoms with E-state index < -0.39 is 0 Å². The van der Waals surface area contributed by atoms with Crippen molar-refractivity contribution >= 4 is 23.0 Å². The molecule has 1 atom stereocenters. The molecule has 0 bridgehead atoms. The van der Waals surface area contributed by atoms with Crippen molar-refractivity contribution in [1.82, 2.24) is 4.90 Å². The van der Waals surface area contributed by atoms with Crippen molar-refractivity contribution in [2.75, 3.05) is 11.9 Å². The van der Waals surface area contributed by atoms with Crippen LogP contribution in [0.4, 0.5) is 5.69 Å². The Morgan fingerprint density at radius 3 is 2.41 bits per heavy atom. The Kier molecular flexibility index (Phi) is 5.07. The standard InChI is InChI=1S/C19H22N2S/c22-19(20-17-11-5-2-6-12-17)21-14-8-7-13-18(21)15-16-9-3-1-4-10-16/h1-6,9-12,18H,7-8,13-15H2,(H,20,22). The van der Waals surface area contributed by atoms with Gasteiger partial charge in [-0.2, -0.15) is 0 Å². The van der Waals surface area contributed by atoms with Crippen molar-refractivity contribution in [2.45, 2.75) is 31.7 Å². The molecule has 3 rings (SSSR count). The molecule has 0 amide bonds. The van der Waals surface area contributed by atoms with Crippen LogP contribution < -0.4 is 5.32 Å². The number of piperidine rings is 1. The molecular weight excluding hydrogens is 288 g/mol. The zero-order valence-electron chi connectivity index (χ0n) is 12.7. The fourth-order valence-corrected chi connectivity index (χ4v) is 3.44. The Labute approximate surface area is 138 Å². The van der Waals surface area contributed by atoms with Crippen molar-refractivity contribution in [1.29, 1.82) is 0 Å². The van der Waals surface area contributed by atoms with Gasteiger partial charge in [0, 0.05) is 18.3 Å². The summed E-state index contributed by atoms with van der Waals surface area (Å²) >= 11 is 5.66. The van der Waals surface area contributed by atoms with E-state index >= 15 is 0 Å². The summed E-state index contributed by atoms with van der Waals surface area (Å²) in [6, 6.07) is 21.4. The molecule has 0 spiro atoms. The van der Waals surface area contributed by atoms with E-state index in [4.69, 9.17) is 12.2 Å². The molecule has 0 saturated carbocycles. The van der Waals surface area contributed by atoms with Crippen LogP contribution in [0.25, 0.3) is 0 Å². The lowest BCUT2D eigenvalue weighted by molar-refractivity contribution is 0.243. The Morgan fingerprint density at radius 1 is 1.00 bits per heavy atom. The van der Waals surface area contributed by atoms with E-state index in [0.717, 1.165) is 23.8 Å². The van der Waals surface area contributed by atoms with E-state index in [1.807, 2.05) is 18.2 Å². The molecule has 0 aromatic heterocycles. The van der Waals surface area contributed by atoms with Crippen molar-refractivity contribution in [3.63, 3.8) is 0 Å². The largest absolute Gasteiger partial charge is 0.346 e. The number of thiocarbonyl (C=S) groups is 1. The van der Waals surface area contributed by atoms with Crippen LogP contribution in [0.1, 0.15) is 24.8 Å². The number of nitrogens with one attached hydrogen (secondary N) is 1. The third kappa shape index (κ3) is 3.86. The summed E-state index contributed by atoms with van der Waals surface area (Å²) in [6.45, 7) is 1.05. The fourth-order valence-electron chi connectivity index (χ4n) is 3.08. The SMILES string of the molecule is S=C(Nc1ccccc1)N1CCCCC1Cc1ccccc1. The van der Waals surface area contributed by atoms with E-state index in [0.29, 0.717) is 6.04 Å². The minimum atomic E-state index is 0.500. The minimum Gasteiger partial charge on any atom is -0.346 e. The highest BCUT2D eigenvalue weighted by Crippen LogP contribution is 2.22. The lowest BCUT2D eigenvalue weighted by atomic mass is 9.96. The number of rotatable bonds is 3. The Morgan fingerprint density at radius 2 is 1.68 bits per heavy atom. The first-order chi connectivity index (χ1) is 10.8. The van der Waals surface area contributed by atoms with Gasteiger partial charge in [-0.15, -0.1) is 0 Å². The molecule has 1 aliphatic heterocycles. The summed E-state index contributed by atoms with van der Waals surface area (Å²) in [4.78, 5) is 2.37. The van der Waals surface area contributed by atoms with Gasteiger partial charge in [-0.1, -0.05) is 48.5 Å². The zero-order valence-corrected chi connectivity index (χ0v) is 13.6. The maximum absolute atomic E-state index is 5.66. The predicted molar refractivity (Wildman–Crippen MR) is 97.2 cm³/mol. The van der Waals surface area contributed by atoms with Crippen LogP contribution in [0.5, 0.6) is 0 Å². The molecule has 1 fully saturated rings. The molecule has 114 valence electrons. The minimum absolute atomic E-state index is 0.500. The summed E-state index contributed by atoms with van der Waals surface area (Å²) < 4.78 is 0. The summed E-state index contributed by atoms with van der Waals surface area (Å²) in [5, 5.41) is 4.24. The summed E-state index contributed by atoms with van der Waals surface area (Å²) in [5.74, 6) is 0. The second-order valence-electron chi connectivity index (χ2n) is 5.83. The van der Waals surface area contributed by atoms with Gasteiger partial charge in [-0.25, -0.2) is 0 Å². The molecule has 22 heavy (non-hydrogen) atoms. The highest BCUT2D eigenvalue weighted by Gasteiger charge is 2.24. The predicted octanol–water partition coefficient (Wildman–Crippen LogP) is 4.48. The monoisotopic (exact) mass is 310 g/mol.